The second-order valence-corrected chi connectivity index (χ2v) is 8.00. The van der Waals surface area contributed by atoms with E-state index in [2.05, 4.69) is 54.9 Å². The van der Waals surface area contributed by atoms with Crippen molar-refractivity contribution in [2.45, 2.75) is 46.7 Å². The molecule has 0 aliphatic carbocycles. The van der Waals surface area contributed by atoms with Crippen LogP contribution in [-0.4, -0.2) is 26.5 Å². The molecule has 0 radical (unpaired) electrons. The largest absolute Gasteiger partial charge is 0.350 e. The van der Waals surface area contributed by atoms with E-state index < -0.39 is 0 Å². The van der Waals surface area contributed by atoms with Crippen LogP contribution in [0.25, 0.3) is 11.0 Å². The number of benzene rings is 1. The number of anilines is 2. The Hall–Kier alpha value is -2.41. The maximum absolute atomic E-state index is 12.5. The number of imidazole rings is 1. The maximum Gasteiger partial charge on any atom is 0.251 e. The van der Waals surface area contributed by atoms with E-state index in [1.54, 1.807) is 0 Å². The Kier molecular flexibility index (Phi) is 5.51. The zero-order valence-electron chi connectivity index (χ0n) is 16.2. The first-order valence-electron chi connectivity index (χ1n) is 8.98. The predicted molar refractivity (Wildman–Crippen MR) is 113 cm³/mol. The molecule has 2 N–H and O–H groups in total. The van der Waals surface area contributed by atoms with Crippen molar-refractivity contribution in [2.75, 3.05) is 5.32 Å². The van der Waals surface area contributed by atoms with Crippen LogP contribution in [0.1, 0.15) is 49.7 Å². The number of hydrogen-bond donors (Lipinski definition) is 2. The van der Waals surface area contributed by atoms with E-state index >= 15 is 0 Å². The van der Waals surface area contributed by atoms with Crippen LogP contribution in [0.2, 0.25) is 0 Å². The average molecular weight is 430 g/mol. The van der Waals surface area contributed by atoms with E-state index in [9.17, 15) is 4.79 Å². The molecule has 0 unspecified atom stereocenters. The van der Waals surface area contributed by atoms with Crippen LogP contribution >= 0.6 is 15.9 Å². The average Bonchev–Trinajstić information content (AvgIpc) is 3.00. The first-order chi connectivity index (χ1) is 12.8. The third-order valence-electron chi connectivity index (χ3n) is 4.24. The lowest BCUT2D eigenvalue weighted by atomic mass is 10.1. The van der Waals surface area contributed by atoms with Gasteiger partial charge in [-0.15, -0.1) is 0 Å². The number of halogens is 1. The van der Waals surface area contributed by atoms with Gasteiger partial charge in [0.15, 0.2) is 5.82 Å². The van der Waals surface area contributed by atoms with Gasteiger partial charge < -0.3 is 15.2 Å². The molecule has 0 spiro atoms. The van der Waals surface area contributed by atoms with Gasteiger partial charge >= 0.3 is 0 Å². The highest BCUT2D eigenvalue weighted by Crippen LogP contribution is 2.29. The molecule has 0 saturated heterocycles. The normalized spacial score (nSPS) is 11.4. The van der Waals surface area contributed by atoms with Crippen LogP contribution in [0.5, 0.6) is 0 Å². The van der Waals surface area contributed by atoms with Gasteiger partial charge in [0.05, 0.1) is 11.8 Å². The van der Waals surface area contributed by atoms with Gasteiger partial charge in [0, 0.05) is 23.3 Å². The van der Waals surface area contributed by atoms with Crippen molar-refractivity contribution < 1.29 is 4.79 Å². The molecular weight excluding hydrogens is 406 g/mol. The third kappa shape index (κ3) is 4.13. The molecule has 0 aliphatic heterocycles. The number of amides is 1. The monoisotopic (exact) mass is 429 g/mol. The topological polar surface area (TPSA) is 71.8 Å². The number of pyridine rings is 1. The second-order valence-electron chi connectivity index (χ2n) is 7.19. The number of fused-ring (bicyclic) bond motifs is 1. The molecule has 0 bridgehead atoms. The Bertz CT molecular complexity index is 993. The van der Waals surface area contributed by atoms with Crippen LogP contribution in [-0.2, 0) is 0 Å². The smallest absolute Gasteiger partial charge is 0.251 e. The molecule has 3 rings (SSSR count). The Labute approximate surface area is 167 Å². The van der Waals surface area contributed by atoms with E-state index in [-0.39, 0.29) is 18.0 Å². The summed E-state index contributed by atoms with van der Waals surface area (Å²) >= 11 is 3.45. The van der Waals surface area contributed by atoms with Gasteiger partial charge in [-0.3, -0.25) is 4.79 Å². The number of aromatic nitrogens is 3. The number of aryl methyl sites for hydroxylation is 1. The molecule has 0 saturated carbocycles. The van der Waals surface area contributed by atoms with Crippen molar-refractivity contribution in [1.29, 1.82) is 0 Å². The molecule has 2 aromatic heterocycles. The summed E-state index contributed by atoms with van der Waals surface area (Å²) in [6, 6.07) is 7.98. The summed E-state index contributed by atoms with van der Waals surface area (Å²) in [5.74, 6) is 0.621. The molecule has 7 heteroatoms. The number of nitrogens with zero attached hydrogens (tertiary/aromatic N) is 3. The first-order valence-corrected chi connectivity index (χ1v) is 9.77. The highest BCUT2D eigenvalue weighted by atomic mass is 79.9. The van der Waals surface area contributed by atoms with E-state index in [4.69, 9.17) is 0 Å². The van der Waals surface area contributed by atoms with E-state index in [1.807, 2.05) is 51.4 Å². The number of carbonyl (C=O) groups is 1. The van der Waals surface area contributed by atoms with Crippen molar-refractivity contribution in [3.8, 4) is 0 Å². The fourth-order valence-corrected chi connectivity index (χ4v) is 3.32. The van der Waals surface area contributed by atoms with Gasteiger partial charge in [0.1, 0.15) is 10.1 Å². The molecule has 3 aromatic rings. The summed E-state index contributed by atoms with van der Waals surface area (Å²) in [6.45, 7) is 10.0. The molecule has 6 nitrogen and oxygen atoms in total. The van der Waals surface area contributed by atoms with Crippen molar-refractivity contribution in [3.63, 3.8) is 0 Å². The number of nitrogens with one attached hydrogen (secondary N) is 2. The van der Waals surface area contributed by atoms with Crippen molar-refractivity contribution >= 4 is 44.4 Å². The highest BCUT2D eigenvalue weighted by molar-refractivity contribution is 9.10. The zero-order chi connectivity index (χ0) is 19.7. The number of carbonyl (C=O) groups excluding carboxylic acids is 1. The van der Waals surface area contributed by atoms with Crippen molar-refractivity contribution in [1.82, 2.24) is 19.9 Å². The molecule has 142 valence electrons. The summed E-state index contributed by atoms with van der Waals surface area (Å²) in [6.07, 6.45) is 1.82. The number of rotatable bonds is 5. The number of hydrogen-bond acceptors (Lipinski definition) is 4. The van der Waals surface area contributed by atoms with Crippen LogP contribution in [0.4, 0.5) is 11.5 Å². The molecule has 2 heterocycles. The van der Waals surface area contributed by atoms with Gasteiger partial charge in [0.2, 0.25) is 0 Å². The van der Waals surface area contributed by atoms with Gasteiger partial charge in [0.25, 0.3) is 5.91 Å². The molecule has 27 heavy (non-hydrogen) atoms. The molecule has 0 fully saturated rings. The summed E-state index contributed by atoms with van der Waals surface area (Å²) in [4.78, 5) is 21.6. The minimum atomic E-state index is -0.0780. The standard InChI is InChI=1S/C20H24BrN5O/c1-11(2)23-20(27)15-8-14(7-6-13(15)5)24-19-18-16(9-17(21)25-19)22-10-26(18)12(3)4/h6-12H,1-5H3,(H,23,27)(H,24,25). The SMILES string of the molecule is Cc1ccc(Nc2nc(Br)cc3ncn(C(C)C)c23)cc1C(=O)NC(C)C. The van der Waals surface area contributed by atoms with Crippen molar-refractivity contribution in [2.24, 2.45) is 0 Å². The molecule has 0 atom stereocenters. The van der Waals surface area contributed by atoms with Gasteiger partial charge in [-0.2, -0.15) is 0 Å². The molecule has 0 aliphatic rings. The summed E-state index contributed by atoms with van der Waals surface area (Å²) in [5.41, 5.74) is 4.17. The van der Waals surface area contributed by atoms with Crippen molar-refractivity contribution in [3.05, 3.63) is 46.3 Å². The predicted octanol–water partition coefficient (Wildman–Crippen LogP) is 4.96. The third-order valence-corrected chi connectivity index (χ3v) is 4.65. The summed E-state index contributed by atoms with van der Waals surface area (Å²) in [7, 11) is 0. The molecule has 1 aromatic carbocycles. The van der Waals surface area contributed by atoms with Crippen LogP contribution < -0.4 is 10.6 Å². The van der Waals surface area contributed by atoms with E-state index in [0.29, 0.717) is 16.0 Å². The fourth-order valence-electron chi connectivity index (χ4n) is 2.93. The zero-order valence-corrected chi connectivity index (χ0v) is 17.8. The Balaban J connectivity index is 2.03. The quantitative estimate of drug-likeness (QED) is 0.561. The van der Waals surface area contributed by atoms with Gasteiger partial charge in [-0.25, -0.2) is 9.97 Å². The first kappa shape index (κ1) is 19.4. The molecular formula is C20H24BrN5O. The van der Waals surface area contributed by atoms with Crippen LogP contribution in [0.15, 0.2) is 35.2 Å². The Morgan fingerprint density at radius 2 is 1.93 bits per heavy atom. The van der Waals surface area contributed by atoms with E-state index in [0.717, 1.165) is 22.3 Å². The fraction of sp³-hybridized carbons (Fsp3) is 0.350. The minimum absolute atomic E-state index is 0.0780. The molecule has 1 amide bonds. The lowest BCUT2D eigenvalue weighted by molar-refractivity contribution is 0.0942. The Morgan fingerprint density at radius 1 is 1.19 bits per heavy atom. The van der Waals surface area contributed by atoms with Gasteiger partial charge in [-0.05, 0) is 74.3 Å². The van der Waals surface area contributed by atoms with Crippen LogP contribution in [0.3, 0.4) is 0 Å². The summed E-state index contributed by atoms with van der Waals surface area (Å²) < 4.78 is 2.79. The lowest BCUT2D eigenvalue weighted by Gasteiger charge is -2.15. The maximum atomic E-state index is 12.5. The lowest BCUT2D eigenvalue weighted by Crippen LogP contribution is -2.30. The minimum Gasteiger partial charge on any atom is -0.350 e. The van der Waals surface area contributed by atoms with E-state index in [1.165, 1.54) is 0 Å². The van der Waals surface area contributed by atoms with Crippen LogP contribution in [0, 0.1) is 6.92 Å². The highest BCUT2D eigenvalue weighted by Gasteiger charge is 2.15. The second kappa shape index (κ2) is 7.68. The van der Waals surface area contributed by atoms with Gasteiger partial charge in [-0.1, -0.05) is 6.07 Å². The Morgan fingerprint density at radius 3 is 2.59 bits per heavy atom. The summed E-state index contributed by atoms with van der Waals surface area (Å²) in [5, 5.41) is 6.31.